The monoisotopic (exact) mass is 301 g/mol. The van der Waals surface area contributed by atoms with Crippen LogP contribution >= 0.6 is 15.9 Å². The molecule has 0 aliphatic carbocycles. The van der Waals surface area contributed by atoms with Crippen LogP contribution in [0.25, 0.3) is 0 Å². The van der Waals surface area contributed by atoms with Crippen LogP contribution in [0, 0.1) is 6.92 Å². The van der Waals surface area contributed by atoms with Gasteiger partial charge in [0.1, 0.15) is 5.75 Å². The highest BCUT2D eigenvalue weighted by Gasteiger charge is 2.23. The van der Waals surface area contributed by atoms with Crippen LogP contribution in [0.2, 0.25) is 0 Å². The number of hydrogen-bond donors (Lipinski definition) is 1. The van der Waals surface area contributed by atoms with Crippen LogP contribution in [0.1, 0.15) is 11.1 Å². The molecule has 1 aliphatic heterocycles. The van der Waals surface area contributed by atoms with Gasteiger partial charge >= 0.3 is 0 Å². The van der Waals surface area contributed by atoms with E-state index in [1.54, 1.807) is 7.11 Å². The van der Waals surface area contributed by atoms with Crippen molar-refractivity contribution < 1.29 is 14.6 Å². The van der Waals surface area contributed by atoms with E-state index in [-0.39, 0.29) is 0 Å². The SMILES string of the molecule is COc1cc(CN2CCOC2O)c(Br)cc1C. The summed E-state index contributed by atoms with van der Waals surface area (Å²) in [7, 11) is 1.66. The molecule has 0 amide bonds. The first-order valence-electron chi connectivity index (χ1n) is 5.48. The van der Waals surface area contributed by atoms with Gasteiger partial charge in [-0.15, -0.1) is 0 Å². The van der Waals surface area contributed by atoms with Crippen LogP contribution in [0.3, 0.4) is 0 Å². The molecule has 1 heterocycles. The van der Waals surface area contributed by atoms with Crippen molar-refractivity contribution in [1.29, 1.82) is 0 Å². The molecular formula is C12H16BrNO3. The van der Waals surface area contributed by atoms with Gasteiger partial charge in [0.15, 0.2) is 0 Å². The van der Waals surface area contributed by atoms with E-state index in [4.69, 9.17) is 9.47 Å². The fraction of sp³-hybridized carbons (Fsp3) is 0.500. The maximum Gasteiger partial charge on any atom is 0.216 e. The molecular weight excluding hydrogens is 286 g/mol. The van der Waals surface area contributed by atoms with Crippen molar-refractivity contribution in [3.05, 3.63) is 27.7 Å². The van der Waals surface area contributed by atoms with E-state index in [1.807, 2.05) is 24.0 Å². The lowest BCUT2D eigenvalue weighted by Crippen LogP contribution is -2.29. The first-order chi connectivity index (χ1) is 8.11. The molecule has 1 aromatic rings. The Morgan fingerprint density at radius 2 is 2.35 bits per heavy atom. The summed E-state index contributed by atoms with van der Waals surface area (Å²) >= 11 is 3.53. The molecule has 1 fully saturated rings. The average Bonchev–Trinajstić information content (AvgIpc) is 2.68. The van der Waals surface area contributed by atoms with Crippen LogP contribution in [0.4, 0.5) is 0 Å². The third kappa shape index (κ3) is 2.80. The van der Waals surface area contributed by atoms with Gasteiger partial charge in [-0.2, -0.15) is 0 Å². The van der Waals surface area contributed by atoms with E-state index < -0.39 is 6.41 Å². The fourth-order valence-corrected chi connectivity index (χ4v) is 2.49. The summed E-state index contributed by atoms with van der Waals surface area (Å²) in [5.41, 5.74) is 2.17. The van der Waals surface area contributed by atoms with E-state index in [0.717, 1.165) is 27.9 Å². The molecule has 0 spiro atoms. The summed E-state index contributed by atoms with van der Waals surface area (Å²) in [5, 5.41) is 9.58. The molecule has 2 rings (SSSR count). The van der Waals surface area contributed by atoms with Gasteiger partial charge in [-0.25, -0.2) is 4.90 Å². The Balaban J connectivity index is 2.20. The number of rotatable bonds is 3. The van der Waals surface area contributed by atoms with Gasteiger partial charge in [0.25, 0.3) is 0 Å². The smallest absolute Gasteiger partial charge is 0.216 e. The zero-order valence-corrected chi connectivity index (χ0v) is 11.5. The van der Waals surface area contributed by atoms with Crippen LogP contribution < -0.4 is 4.74 Å². The largest absolute Gasteiger partial charge is 0.496 e. The lowest BCUT2D eigenvalue weighted by atomic mass is 10.1. The third-order valence-electron chi connectivity index (χ3n) is 2.90. The van der Waals surface area contributed by atoms with Crippen molar-refractivity contribution in [2.45, 2.75) is 19.9 Å². The van der Waals surface area contributed by atoms with Crippen molar-refractivity contribution in [1.82, 2.24) is 4.90 Å². The quantitative estimate of drug-likeness (QED) is 0.925. The number of methoxy groups -OCH3 is 1. The van der Waals surface area contributed by atoms with E-state index in [2.05, 4.69) is 15.9 Å². The van der Waals surface area contributed by atoms with E-state index >= 15 is 0 Å². The van der Waals surface area contributed by atoms with Crippen molar-refractivity contribution in [2.24, 2.45) is 0 Å². The van der Waals surface area contributed by atoms with Gasteiger partial charge in [0, 0.05) is 17.6 Å². The van der Waals surface area contributed by atoms with Gasteiger partial charge in [0.2, 0.25) is 6.41 Å². The number of nitrogens with zero attached hydrogens (tertiary/aromatic N) is 1. The summed E-state index contributed by atoms with van der Waals surface area (Å²) in [6, 6.07) is 4.02. The molecule has 1 N–H and O–H groups in total. The van der Waals surface area contributed by atoms with E-state index in [9.17, 15) is 5.11 Å². The average molecular weight is 302 g/mol. The van der Waals surface area contributed by atoms with Crippen LogP contribution in [0.15, 0.2) is 16.6 Å². The number of aryl methyl sites for hydroxylation is 1. The lowest BCUT2D eigenvalue weighted by molar-refractivity contribution is -0.136. The number of halogens is 1. The van der Waals surface area contributed by atoms with Gasteiger partial charge in [-0.05, 0) is 30.2 Å². The van der Waals surface area contributed by atoms with Crippen molar-refractivity contribution >= 4 is 15.9 Å². The zero-order valence-electron chi connectivity index (χ0n) is 9.94. The standard InChI is InChI=1S/C12H16BrNO3/c1-8-5-10(13)9(6-11(8)16-2)7-14-3-4-17-12(14)15/h5-6,12,15H,3-4,7H2,1-2H3. The minimum atomic E-state index is -0.797. The van der Waals surface area contributed by atoms with Crippen molar-refractivity contribution in [2.75, 3.05) is 20.3 Å². The molecule has 94 valence electrons. The predicted molar refractivity (Wildman–Crippen MR) is 67.8 cm³/mol. The normalized spacial score (nSPS) is 20.8. The molecule has 1 saturated heterocycles. The highest BCUT2D eigenvalue weighted by Crippen LogP contribution is 2.28. The Hall–Kier alpha value is -0.620. The van der Waals surface area contributed by atoms with Gasteiger partial charge in [-0.3, -0.25) is 0 Å². The van der Waals surface area contributed by atoms with Crippen LogP contribution in [-0.2, 0) is 11.3 Å². The highest BCUT2D eigenvalue weighted by molar-refractivity contribution is 9.10. The molecule has 1 aromatic carbocycles. The van der Waals surface area contributed by atoms with Crippen molar-refractivity contribution in [3.63, 3.8) is 0 Å². The first kappa shape index (κ1) is 12.8. The second-order valence-corrected chi connectivity index (χ2v) is 4.94. The van der Waals surface area contributed by atoms with Gasteiger partial charge in [-0.1, -0.05) is 15.9 Å². The first-order valence-corrected chi connectivity index (χ1v) is 6.28. The molecule has 5 heteroatoms. The molecule has 0 bridgehead atoms. The Labute approximate surface area is 109 Å². The molecule has 0 radical (unpaired) electrons. The number of hydrogen-bond acceptors (Lipinski definition) is 4. The second-order valence-electron chi connectivity index (χ2n) is 4.08. The summed E-state index contributed by atoms with van der Waals surface area (Å²) in [6.45, 7) is 3.95. The lowest BCUT2D eigenvalue weighted by Gasteiger charge is -2.19. The third-order valence-corrected chi connectivity index (χ3v) is 3.63. The number of ether oxygens (including phenoxy) is 2. The summed E-state index contributed by atoms with van der Waals surface area (Å²) < 4.78 is 11.4. The van der Waals surface area contributed by atoms with E-state index in [0.29, 0.717) is 13.2 Å². The molecule has 0 saturated carbocycles. The van der Waals surface area contributed by atoms with Gasteiger partial charge < -0.3 is 14.6 Å². The number of aliphatic hydroxyl groups is 1. The Morgan fingerprint density at radius 3 is 2.94 bits per heavy atom. The van der Waals surface area contributed by atoms with Crippen molar-refractivity contribution in [3.8, 4) is 5.75 Å². The molecule has 1 atom stereocenters. The summed E-state index contributed by atoms with van der Waals surface area (Å²) in [6.07, 6.45) is -0.797. The summed E-state index contributed by atoms with van der Waals surface area (Å²) in [5.74, 6) is 0.859. The maximum absolute atomic E-state index is 9.58. The minimum absolute atomic E-state index is 0.571. The van der Waals surface area contributed by atoms with Crippen LogP contribution in [0.5, 0.6) is 5.75 Å². The Bertz CT molecular complexity index is 411. The fourth-order valence-electron chi connectivity index (χ4n) is 1.90. The number of benzene rings is 1. The topological polar surface area (TPSA) is 41.9 Å². The Kier molecular flexibility index (Phi) is 4.04. The zero-order chi connectivity index (χ0) is 12.4. The maximum atomic E-state index is 9.58. The molecule has 1 unspecified atom stereocenters. The van der Waals surface area contributed by atoms with Gasteiger partial charge in [0.05, 0.1) is 13.7 Å². The molecule has 1 aliphatic rings. The highest BCUT2D eigenvalue weighted by atomic mass is 79.9. The molecule has 0 aromatic heterocycles. The van der Waals surface area contributed by atoms with Crippen LogP contribution in [-0.4, -0.2) is 36.7 Å². The molecule has 4 nitrogen and oxygen atoms in total. The second kappa shape index (κ2) is 5.35. The van der Waals surface area contributed by atoms with E-state index in [1.165, 1.54) is 0 Å². The Morgan fingerprint density at radius 1 is 1.59 bits per heavy atom. The molecule has 17 heavy (non-hydrogen) atoms. The predicted octanol–water partition coefficient (Wildman–Crippen LogP) is 1.87. The minimum Gasteiger partial charge on any atom is -0.496 e. The summed E-state index contributed by atoms with van der Waals surface area (Å²) in [4.78, 5) is 1.87. The number of aliphatic hydroxyl groups excluding tert-OH is 1.